The molecule has 5 heteroatoms. The molecule has 0 saturated heterocycles. The predicted octanol–water partition coefficient (Wildman–Crippen LogP) is 1.76. The molecule has 0 unspecified atom stereocenters. The van der Waals surface area contributed by atoms with Gasteiger partial charge in [-0.05, 0) is 18.6 Å². The van der Waals surface area contributed by atoms with Crippen molar-refractivity contribution in [1.82, 2.24) is 4.98 Å². The Hall–Kier alpha value is -2.17. The summed E-state index contributed by atoms with van der Waals surface area (Å²) in [7, 11) is 1.18. The highest BCUT2D eigenvalue weighted by Gasteiger charge is 2.15. The molecule has 0 fully saturated rings. The Kier molecular flexibility index (Phi) is 2.67. The van der Waals surface area contributed by atoms with Crippen molar-refractivity contribution in [3.8, 4) is 0 Å². The van der Waals surface area contributed by atoms with Crippen LogP contribution >= 0.6 is 0 Å². The predicted molar refractivity (Wildman–Crippen MR) is 60.6 cm³/mol. The maximum absolute atomic E-state index is 13.5. The van der Waals surface area contributed by atoms with Crippen molar-refractivity contribution in [1.29, 1.82) is 0 Å². The number of methoxy groups -OCH3 is 1. The molecule has 1 aromatic heterocycles. The molecule has 1 heterocycles. The summed E-state index contributed by atoms with van der Waals surface area (Å²) >= 11 is 0. The van der Waals surface area contributed by atoms with Gasteiger partial charge in [0.05, 0.1) is 18.0 Å². The zero-order chi connectivity index (χ0) is 12.6. The second-order valence-electron chi connectivity index (χ2n) is 3.64. The Bertz CT molecular complexity index is 661. The minimum atomic E-state index is -0.739. The van der Waals surface area contributed by atoms with E-state index in [0.29, 0.717) is 5.56 Å². The quantitative estimate of drug-likeness (QED) is 0.766. The monoisotopic (exact) mass is 235 g/mol. The lowest BCUT2D eigenvalue weighted by Crippen LogP contribution is -2.18. The van der Waals surface area contributed by atoms with E-state index in [4.69, 9.17) is 0 Å². The number of nitrogens with one attached hydrogen (secondary N) is 1. The van der Waals surface area contributed by atoms with Crippen LogP contribution in [-0.2, 0) is 4.74 Å². The van der Waals surface area contributed by atoms with E-state index >= 15 is 0 Å². The van der Waals surface area contributed by atoms with Crippen LogP contribution in [0, 0.1) is 12.7 Å². The highest BCUT2D eigenvalue weighted by molar-refractivity contribution is 5.94. The summed E-state index contributed by atoms with van der Waals surface area (Å²) in [4.78, 5) is 26.0. The number of benzene rings is 1. The van der Waals surface area contributed by atoms with Gasteiger partial charge in [0.25, 0.3) is 0 Å². The minimum Gasteiger partial charge on any atom is -0.465 e. The van der Waals surface area contributed by atoms with E-state index in [2.05, 4.69) is 9.72 Å². The van der Waals surface area contributed by atoms with Crippen LogP contribution in [0.25, 0.3) is 10.9 Å². The third-order valence-corrected chi connectivity index (χ3v) is 2.60. The summed E-state index contributed by atoms with van der Waals surface area (Å²) in [6.07, 6.45) is 1.17. The lowest BCUT2D eigenvalue weighted by Gasteiger charge is -2.05. The Morgan fingerprint density at radius 1 is 1.41 bits per heavy atom. The topological polar surface area (TPSA) is 59.2 Å². The molecule has 1 aromatic carbocycles. The summed E-state index contributed by atoms with van der Waals surface area (Å²) in [5.41, 5.74) is 0.0485. The average Bonchev–Trinajstić information content (AvgIpc) is 2.33. The second kappa shape index (κ2) is 4.01. The molecule has 0 aliphatic rings. The number of rotatable bonds is 1. The number of hydrogen-bond donors (Lipinski definition) is 1. The van der Waals surface area contributed by atoms with Crippen LogP contribution in [0.5, 0.6) is 0 Å². The van der Waals surface area contributed by atoms with Gasteiger partial charge in [-0.15, -0.1) is 0 Å². The van der Waals surface area contributed by atoms with Gasteiger partial charge in [-0.2, -0.15) is 0 Å². The van der Waals surface area contributed by atoms with E-state index < -0.39 is 17.2 Å². The second-order valence-corrected chi connectivity index (χ2v) is 3.64. The molecule has 4 nitrogen and oxygen atoms in total. The van der Waals surface area contributed by atoms with Crippen molar-refractivity contribution in [2.24, 2.45) is 0 Å². The van der Waals surface area contributed by atoms with Crippen LogP contribution < -0.4 is 5.43 Å². The standard InChI is InChI=1S/C12H10FNO3/c1-6-3-4-8(13)10-9(6)11(15)7(5-14-10)12(16)17-2/h3-5H,1-2H3,(H,14,15). The van der Waals surface area contributed by atoms with E-state index in [-0.39, 0.29) is 16.5 Å². The lowest BCUT2D eigenvalue weighted by molar-refractivity contribution is 0.0599. The number of fused-ring (bicyclic) bond motifs is 1. The smallest absolute Gasteiger partial charge is 0.343 e. The van der Waals surface area contributed by atoms with Crippen molar-refractivity contribution in [2.45, 2.75) is 6.92 Å². The van der Waals surface area contributed by atoms with E-state index in [1.165, 1.54) is 25.4 Å². The van der Waals surface area contributed by atoms with Crippen LogP contribution in [0.4, 0.5) is 4.39 Å². The zero-order valence-corrected chi connectivity index (χ0v) is 9.33. The van der Waals surface area contributed by atoms with E-state index in [1.807, 2.05) is 0 Å². The van der Waals surface area contributed by atoms with Crippen molar-refractivity contribution >= 4 is 16.9 Å². The number of hydrogen-bond acceptors (Lipinski definition) is 3. The Morgan fingerprint density at radius 2 is 2.12 bits per heavy atom. The first kappa shape index (κ1) is 11.3. The van der Waals surface area contributed by atoms with Crippen molar-refractivity contribution in [3.63, 3.8) is 0 Å². The van der Waals surface area contributed by atoms with Crippen molar-refractivity contribution < 1.29 is 13.9 Å². The molecule has 0 radical (unpaired) electrons. The van der Waals surface area contributed by atoms with Gasteiger partial charge in [0.1, 0.15) is 11.4 Å². The number of pyridine rings is 1. The number of aryl methyl sites for hydroxylation is 1. The summed E-state index contributed by atoms with van der Waals surface area (Å²) in [5.74, 6) is -1.27. The molecule has 1 N–H and O–H groups in total. The largest absolute Gasteiger partial charge is 0.465 e. The first-order chi connectivity index (χ1) is 8.06. The number of aromatic amines is 1. The molecule has 88 valence electrons. The van der Waals surface area contributed by atoms with Crippen LogP contribution in [0.15, 0.2) is 23.1 Å². The molecular weight excluding hydrogens is 225 g/mol. The van der Waals surface area contributed by atoms with Gasteiger partial charge in [0.2, 0.25) is 5.43 Å². The molecule has 17 heavy (non-hydrogen) atoms. The number of aromatic nitrogens is 1. The fourth-order valence-corrected chi connectivity index (χ4v) is 1.72. The van der Waals surface area contributed by atoms with Gasteiger partial charge in [0.15, 0.2) is 0 Å². The van der Waals surface area contributed by atoms with E-state index in [1.54, 1.807) is 6.92 Å². The molecule has 0 atom stereocenters. The molecule has 0 bridgehead atoms. The Balaban J connectivity index is 2.89. The maximum Gasteiger partial charge on any atom is 0.343 e. The number of carbonyl (C=O) groups is 1. The molecule has 0 spiro atoms. The molecule has 0 saturated carbocycles. The first-order valence-electron chi connectivity index (χ1n) is 4.95. The average molecular weight is 235 g/mol. The van der Waals surface area contributed by atoms with Crippen LogP contribution in [-0.4, -0.2) is 18.1 Å². The fraction of sp³-hybridized carbons (Fsp3) is 0.167. The number of carbonyl (C=O) groups excluding carboxylic acids is 1. The highest BCUT2D eigenvalue weighted by atomic mass is 19.1. The molecule has 0 aliphatic heterocycles. The first-order valence-corrected chi connectivity index (χ1v) is 4.95. The summed E-state index contributed by atoms with van der Waals surface area (Å²) in [5, 5.41) is 0.174. The molecule has 0 amide bonds. The van der Waals surface area contributed by atoms with Crippen LogP contribution in [0.3, 0.4) is 0 Å². The number of halogens is 1. The van der Waals surface area contributed by atoms with Gasteiger partial charge in [-0.1, -0.05) is 6.07 Å². The summed E-state index contributed by atoms with van der Waals surface area (Å²) in [6.45, 7) is 1.68. The maximum atomic E-state index is 13.5. The van der Waals surface area contributed by atoms with Crippen LogP contribution in [0.2, 0.25) is 0 Å². The van der Waals surface area contributed by atoms with Gasteiger partial charge in [-0.25, -0.2) is 9.18 Å². The summed E-state index contributed by atoms with van der Waals surface area (Å²) in [6, 6.07) is 2.76. The molecule has 0 aliphatic carbocycles. The lowest BCUT2D eigenvalue weighted by atomic mass is 10.1. The normalized spacial score (nSPS) is 10.5. The number of esters is 1. The fourth-order valence-electron chi connectivity index (χ4n) is 1.72. The number of ether oxygens (including phenoxy) is 1. The van der Waals surface area contributed by atoms with Gasteiger partial charge < -0.3 is 9.72 Å². The van der Waals surface area contributed by atoms with Crippen molar-refractivity contribution in [2.75, 3.05) is 7.11 Å². The third-order valence-electron chi connectivity index (χ3n) is 2.60. The van der Waals surface area contributed by atoms with Gasteiger partial charge in [0, 0.05) is 6.20 Å². The highest BCUT2D eigenvalue weighted by Crippen LogP contribution is 2.16. The van der Waals surface area contributed by atoms with Gasteiger partial charge in [-0.3, -0.25) is 4.79 Å². The van der Waals surface area contributed by atoms with Crippen molar-refractivity contribution in [3.05, 3.63) is 45.5 Å². The third kappa shape index (κ3) is 1.69. The summed E-state index contributed by atoms with van der Waals surface area (Å²) < 4.78 is 18.0. The number of H-pyrrole nitrogens is 1. The van der Waals surface area contributed by atoms with Gasteiger partial charge >= 0.3 is 5.97 Å². The molecule has 2 aromatic rings. The zero-order valence-electron chi connectivity index (χ0n) is 9.33. The van der Waals surface area contributed by atoms with Crippen LogP contribution in [0.1, 0.15) is 15.9 Å². The molecular formula is C12H10FNO3. The minimum absolute atomic E-state index is 0.0997. The Morgan fingerprint density at radius 3 is 2.76 bits per heavy atom. The molecule has 2 rings (SSSR count). The Labute approximate surface area is 96.0 Å². The van der Waals surface area contributed by atoms with E-state index in [9.17, 15) is 14.0 Å². The SMILES string of the molecule is COC(=O)c1c[nH]c2c(F)ccc(C)c2c1=O. The van der Waals surface area contributed by atoms with E-state index in [0.717, 1.165) is 0 Å².